The fourth-order valence-corrected chi connectivity index (χ4v) is 0.686. The van der Waals surface area contributed by atoms with Gasteiger partial charge in [-0.25, -0.2) is 0 Å². The van der Waals surface area contributed by atoms with Gasteiger partial charge in [-0.05, 0) is 19.9 Å². The molecule has 62 valence electrons. The summed E-state index contributed by atoms with van der Waals surface area (Å²) in [5.41, 5.74) is 2.06. The standard InChI is InChI=1S/C8H14N2S/c1-7(2)5-4-6-8(3)10-11-9/h4-6,10H,3,9H2,1-2H3/b6-4-. The smallest absolute Gasteiger partial charge is 0.0380 e. The minimum Gasteiger partial charge on any atom is -0.318 e. The summed E-state index contributed by atoms with van der Waals surface area (Å²) in [6.45, 7) is 7.79. The van der Waals surface area contributed by atoms with E-state index in [-0.39, 0.29) is 0 Å². The highest BCUT2D eigenvalue weighted by Crippen LogP contribution is 1.94. The van der Waals surface area contributed by atoms with E-state index in [9.17, 15) is 0 Å². The van der Waals surface area contributed by atoms with Crippen molar-refractivity contribution in [3.63, 3.8) is 0 Å². The maximum atomic E-state index is 5.16. The molecule has 3 heteroatoms. The summed E-state index contributed by atoms with van der Waals surface area (Å²) in [6.07, 6.45) is 5.81. The summed E-state index contributed by atoms with van der Waals surface area (Å²) in [5.74, 6) is 0. The van der Waals surface area contributed by atoms with Gasteiger partial charge in [-0.3, -0.25) is 5.14 Å². The van der Waals surface area contributed by atoms with Gasteiger partial charge in [-0.2, -0.15) is 0 Å². The van der Waals surface area contributed by atoms with Gasteiger partial charge in [0.2, 0.25) is 0 Å². The third kappa shape index (κ3) is 7.22. The molecule has 0 aromatic carbocycles. The van der Waals surface area contributed by atoms with Gasteiger partial charge in [-0.1, -0.05) is 24.3 Å². The first kappa shape index (κ1) is 10.3. The summed E-state index contributed by atoms with van der Waals surface area (Å²) < 4.78 is 2.80. The van der Waals surface area contributed by atoms with Crippen LogP contribution in [0.2, 0.25) is 0 Å². The van der Waals surface area contributed by atoms with Crippen LogP contribution in [0, 0.1) is 0 Å². The van der Waals surface area contributed by atoms with E-state index in [1.165, 1.54) is 5.57 Å². The minimum absolute atomic E-state index is 0.801. The van der Waals surface area contributed by atoms with Crippen LogP contribution in [0.25, 0.3) is 0 Å². The van der Waals surface area contributed by atoms with Gasteiger partial charge < -0.3 is 4.72 Å². The van der Waals surface area contributed by atoms with Crippen molar-refractivity contribution >= 4 is 12.1 Å². The largest absolute Gasteiger partial charge is 0.318 e. The molecule has 0 amide bonds. The highest BCUT2D eigenvalue weighted by atomic mass is 32.2. The van der Waals surface area contributed by atoms with Gasteiger partial charge in [-0.15, -0.1) is 0 Å². The van der Waals surface area contributed by atoms with Crippen LogP contribution >= 0.6 is 12.1 Å². The van der Waals surface area contributed by atoms with Crippen LogP contribution in [0.15, 0.2) is 36.1 Å². The molecule has 0 aromatic rings. The summed E-state index contributed by atoms with van der Waals surface area (Å²) in [7, 11) is 0. The average molecular weight is 170 g/mol. The van der Waals surface area contributed by atoms with Gasteiger partial charge in [0.25, 0.3) is 0 Å². The van der Waals surface area contributed by atoms with Crippen LogP contribution in [0.1, 0.15) is 13.8 Å². The molecule has 0 fully saturated rings. The van der Waals surface area contributed by atoms with E-state index in [1.54, 1.807) is 0 Å². The van der Waals surface area contributed by atoms with Crippen LogP contribution in [0.3, 0.4) is 0 Å². The molecule has 2 nitrogen and oxygen atoms in total. The van der Waals surface area contributed by atoms with Crippen molar-refractivity contribution in [2.75, 3.05) is 0 Å². The molecule has 0 aliphatic heterocycles. The first-order chi connectivity index (χ1) is 5.16. The Morgan fingerprint density at radius 2 is 2.18 bits per heavy atom. The summed E-state index contributed by atoms with van der Waals surface area (Å²) in [6, 6.07) is 0. The van der Waals surface area contributed by atoms with Gasteiger partial charge in [0.15, 0.2) is 0 Å². The zero-order chi connectivity index (χ0) is 8.69. The van der Waals surface area contributed by atoms with Crippen molar-refractivity contribution in [3.05, 3.63) is 36.1 Å². The fraction of sp³-hybridized carbons (Fsp3) is 0.250. The maximum Gasteiger partial charge on any atom is 0.0380 e. The monoisotopic (exact) mass is 170 g/mol. The predicted molar refractivity (Wildman–Crippen MR) is 52.6 cm³/mol. The van der Waals surface area contributed by atoms with E-state index < -0.39 is 0 Å². The lowest BCUT2D eigenvalue weighted by Crippen LogP contribution is -2.02. The van der Waals surface area contributed by atoms with Crippen molar-refractivity contribution < 1.29 is 0 Å². The van der Waals surface area contributed by atoms with E-state index >= 15 is 0 Å². The van der Waals surface area contributed by atoms with Crippen LogP contribution in [0.5, 0.6) is 0 Å². The van der Waals surface area contributed by atoms with Crippen molar-refractivity contribution in [2.45, 2.75) is 13.8 Å². The summed E-state index contributed by atoms with van der Waals surface area (Å²) >= 11 is 1.05. The Bertz CT molecular complexity index is 179. The summed E-state index contributed by atoms with van der Waals surface area (Å²) in [5, 5.41) is 5.16. The molecule has 0 rings (SSSR count). The van der Waals surface area contributed by atoms with Gasteiger partial charge in [0, 0.05) is 17.8 Å². The van der Waals surface area contributed by atoms with Crippen molar-refractivity contribution in [1.82, 2.24) is 4.72 Å². The molecule has 3 N–H and O–H groups in total. The van der Waals surface area contributed by atoms with Crippen molar-refractivity contribution in [1.29, 1.82) is 0 Å². The first-order valence-corrected chi connectivity index (χ1v) is 4.17. The predicted octanol–water partition coefficient (Wildman–Crippen LogP) is 2.13. The number of rotatable bonds is 4. The number of hydrogen-bond acceptors (Lipinski definition) is 3. The molecule has 0 saturated heterocycles. The Hall–Kier alpha value is -0.670. The Morgan fingerprint density at radius 3 is 2.64 bits per heavy atom. The number of nitrogens with two attached hydrogens (primary N) is 1. The topological polar surface area (TPSA) is 38.0 Å². The second kappa shape index (κ2) is 6.07. The molecule has 0 atom stereocenters. The van der Waals surface area contributed by atoms with Gasteiger partial charge >= 0.3 is 0 Å². The molecule has 0 radical (unpaired) electrons. The molecular formula is C8H14N2S. The second-order valence-corrected chi connectivity index (χ2v) is 2.79. The molecule has 0 bridgehead atoms. The third-order valence-corrected chi connectivity index (χ3v) is 1.30. The van der Waals surface area contributed by atoms with Gasteiger partial charge in [0.1, 0.15) is 0 Å². The summed E-state index contributed by atoms with van der Waals surface area (Å²) in [4.78, 5) is 0. The number of hydrogen-bond donors (Lipinski definition) is 2. The van der Waals surface area contributed by atoms with Gasteiger partial charge in [0.05, 0.1) is 0 Å². The second-order valence-electron chi connectivity index (χ2n) is 2.35. The lowest BCUT2D eigenvalue weighted by Gasteiger charge is -1.96. The van der Waals surface area contributed by atoms with Crippen LogP contribution < -0.4 is 9.86 Å². The van der Waals surface area contributed by atoms with E-state index in [0.717, 1.165) is 17.8 Å². The molecule has 0 aromatic heterocycles. The van der Waals surface area contributed by atoms with E-state index in [4.69, 9.17) is 5.14 Å². The highest BCUT2D eigenvalue weighted by molar-refractivity contribution is 7.95. The Kier molecular flexibility index (Phi) is 5.70. The molecule has 0 saturated carbocycles. The normalized spacial score (nSPS) is 9.73. The SMILES string of the molecule is C=C(/C=C\C=C(C)C)NSN. The third-order valence-electron chi connectivity index (χ3n) is 0.917. The van der Waals surface area contributed by atoms with Crippen LogP contribution in [0.4, 0.5) is 0 Å². The number of allylic oxidation sites excluding steroid dienone is 4. The zero-order valence-electron chi connectivity index (χ0n) is 6.92. The molecule has 0 aliphatic carbocycles. The average Bonchev–Trinajstić information content (AvgIpc) is 1.87. The van der Waals surface area contributed by atoms with E-state index in [0.29, 0.717) is 0 Å². The molecule has 0 aliphatic rings. The Labute approximate surface area is 72.5 Å². The molecule has 11 heavy (non-hydrogen) atoms. The highest BCUT2D eigenvalue weighted by Gasteiger charge is 1.80. The van der Waals surface area contributed by atoms with Crippen LogP contribution in [-0.2, 0) is 0 Å². The van der Waals surface area contributed by atoms with Crippen LogP contribution in [-0.4, -0.2) is 0 Å². The molecule has 0 heterocycles. The lowest BCUT2D eigenvalue weighted by atomic mass is 10.3. The molecule has 0 unspecified atom stereocenters. The van der Waals surface area contributed by atoms with E-state index in [2.05, 4.69) is 11.3 Å². The van der Waals surface area contributed by atoms with Crippen molar-refractivity contribution in [2.24, 2.45) is 5.14 Å². The minimum atomic E-state index is 0.801. The molecule has 0 spiro atoms. The van der Waals surface area contributed by atoms with E-state index in [1.807, 2.05) is 32.1 Å². The lowest BCUT2D eigenvalue weighted by molar-refractivity contribution is 1.30. The molecular weight excluding hydrogens is 156 g/mol. The number of nitrogens with one attached hydrogen (secondary N) is 1. The Morgan fingerprint density at radius 1 is 1.55 bits per heavy atom. The fourth-order valence-electron chi connectivity index (χ4n) is 0.466. The Balaban J connectivity index is 3.74. The first-order valence-electron chi connectivity index (χ1n) is 3.29. The maximum absolute atomic E-state index is 5.16. The zero-order valence-corrected chi connectivity index (χ0v) is 7.74. The van der Waals surface area contributed by atoms with Crippen molar-refractivity contribution in [3.8, 4) is 0 Å². The quantitative estimate of drug-likeness (QED) is 0.501.